The normalized spacial score (nSPS) is 19.6. The topological polar surface area (TPSA) is 70.9 Å². The molecule has 0 N–H and O–H groups in total. The van der Waals surface area contributed by atoms with Gasteiger partial charge in [-0.3, -0.25) is 19.7 Å². The van der Waals surface area contributed by atoms with Crippen LogP contribution in [0.25, 0.3) is 0 Å². The summed E-state index contributed by atoms with van der Waals surface area (Å²) in [7, 11) is 1.66. The number of hydrogen-bond donors (Lipinski definition) is 0. The Morgan fingerprint density at radius 2 is 2.00 bits per heavy atom. The van der Waals surface area contributed by atoms with Crippen LogP contribution in [0.15, 0.2) is 53.8 Å². The zero-order chi connectivity index (χ0) is 24.6. The molecule has 6 rings (SSSR count). The molecule has 3 aliphatic rings. The third kappa shape index (κ3) is 4.28. The number of aliphatic imine (C=N–C) groups is 1. The van der Waals surface area contributed by atoms with E-state index in [0.29, 0.717) is 25.4 Å². The van der Waals surface area contributed by atoms with Crippen molar-refractivity contribution >= 4 is 11.6 Å². The van der Waals surface area contributed by atoms with E-state index < -0.39 is 0 Å². The van der Waals surface area contributed by atoms with Gasteiger partial charge < -0.3 is 9.64 Å². The third-order valence-electron chi connectivity index (χ3n) is 7.62. The van der Waals surface area contributed by atoms with Crippen LogP contribution in [-0.4, -0.2) is 57.6 Å². The second-order valence-electron chi connectivity index (χ2n) is 10.0. The molecular weight excluding hydrogens is 450 g/mol. The molecule has 0 bridgehead atoms. The Bertz CT molecular complexity index is 1350. The van der Waals surface area contributed by atoms with E-state index in [-0.39, 0.29) is 11.9 Å². The summed E-state index contributed by atoms with van der Waals surface area (Å²) >= 11 is 0. The fraction of sp³-hybridized carbons (Fsp3) is 0.379. The number of rotatable bonds is 5. The Labute approximate surface area is 211 Å². The lowest BCUT2D eigenvalue weighted by Gasteiger charge is -2.41. The zero-order valence-electron chi connectivity index (χ0n) is 20.9. The molecule has 0 radical (unpaired) electrons. The summed E-state index contributed by atoms with van der Waals surface area (Å²) in [6.07, 6.45) is 6.19. The molecule has 1 aromatic carbocycles. The number of amides is 1. The minimum atomic E-state index is 0.214. The molecule has 0 saturated carbocycles. The molecule has 36 heavy (non-hydrogen) atoms. The van der Waals surface area contributed by atoms with Gasteiger partial charge in [0.15, 0.2) is 0 Å². The zero-order valence-corrected chi connectivity index (χ0v) is 20.9. The lowest BCUT2D eigenvalue weighted by atomic mass is 9.90. The second kappa shape index (κ2) is 9.47. The Morgan fingerprint density at radius 1 is 1.08 bits per heavy atom. The summed E-state index contributed by atoms with van der Waals surface area (Å²) in [5.41, 5.74) is 9.05. The van der Waals surface area contributed by atoms with Crippen molar-refractivity contribution in [2.45, 2.75) is 51.9 Å². The number of carbonyl (C=O) groups is 1. The predicted molar refractivity (Wildman–Crippen MR) is 138 cm³/mol. The van der Waals surface area contributed by atoms with Crippen molar-refractivity contribution in [3.63, 3.8) is 0 Å². The largest absolute Gasteiger partial charge is 0.481 e. The first-order chi connectivity index (χ1) is 17.6. The molecule has 7 heteroatoms. The van der Waals surface area contributed by atoms with Gasteiger partial charge in [-0.25, -0.2) is 4.98 Å². The second-order valence-corrected chi connectivity index (χ2v) is 10.0. The van der Waals surface area contributed by atoms with Crippen LogP contribution in [-0.2, 0) is 30.8 Å². The number of aryl methyl sites for hydroxylation is 1. The first-order valence-electron chi connectivity index (χ1n) is 12.7. The maximum absolute atomic E-state index is 13.3. The molecule has 3 aliphatic heterocycles. The molecule has 184 valence electrons. The molecule has 0 spiro atoms. The number of carbonyl (C=O) groups excluding carboxylic acids is 1. The van der Waals surface area contributed by atoms with Gasteiger partial charge in [0.2, 0.25) is 11.8 Å². The number of likely N-dealkylation sites (tertiary alicyclic amines) is 1. The average Bonchev–Trinajstić information content (AvgIpc) is 3.30. The Hall–Kier alpha value is -3.58. The molecular formula is C29H31N5O2. The van der Waals surface area contributed by atoms with Crippen LogP contribution >= 0.6 is 0 Å². The third-order valence-corrected chi connectivity index (χ3v) is 7.62. The fourth-order valence-electron chi connectivity index (χ4n) is 5.86. The lowest BCUT2D eigenvalue weighted by molar-refractivity contribution is -0.135. The minimum absolute atomic E-state index is 0.214. The van der Waals surface area contributed by atoms with E-state index in [9.17, 15) is 4.79 Å². The molecule has 1 saturated heterocycles. The van der Waals surface area contributed by atoms with Crippen molar-refractivity contribution in [3.05, 3.63) is 87.9 Å². The fourth-order valence-corrected chi connectivity index (χ4v) is 5.86. The van der Waals surface area contributed by atoms with Gasteiger partial charge in [0.05, 0.1) is 25.8 Å². The maximum atomic E-state index is 13.3. The predicted octanol–water partition coefficient (Wildman–Crippen LogP) is 3.69. The molecule has 0 aliphatic carbocycles. The molecule has 1 amide bonds. The van der Waals surface area contributed by atoms with Gasteiger partial charge in [-0.1, -0.05) is 12.1 Å². The van der Waals surface area contributed by atoms with E-state index >= 15 is 0 Å². The van der Waals surface area contributed by atoms with Gasteiger partial charge in [-0.15, -0.1) is 0 Å². The highest BCUT2D eigenvalue weighted by molar-refractivity contribution is 6.15. The summed E-state index contributed by atoms with van der Waals surface area (Å²) in [5, 5.41) is 0. The van der Waals surface area contributed by atoms with Crippen molar-refractivity contribution in [1.29, 1.82) is 0 Å². The summed E-state index contributed by atoms with van der Waals surface area (Å²) in [6.45, 7) is 6.02. The Morgan fingerprint density at radius 3 is 2.86 bits per heavy atom. The highest BCUT2D eigenvalue weighted by atomic mass is 16.5. The molecule has 3 aromatic rings. The van der Waals surface area contributed by atoms with Crippen LogP contribution in [0.2, 0.25) is 0 Å². The molecule has 7 nitrogen and oxygen atoms in total. The summed E-state index contributed by atoms with van der Waals surface area (Å²) in [6, 6.07) is 12.9. The van der Waals surface area contributed by atoms with Crippen molar-refractivity contribution in [2.75, 3.05) is 20.2 Å². The quantitative estimate of drug-likeness (QED) is 0.556. The monoisotopic (exact) mass is 481 g/mol. The van der Waals surface area contributed by atoms with Crippen LogP contribution in [0.4, 0.5) is 0 Å². The van der Waals surface area contributed by atoms with Gasteiger partial charge in [-0.2, -0.15) is 0 Å². The smallest absolute Gasteiger partial charge is 0.227 e. The molecule has 1 fully saturated rings. The van der Waals surface area contributed by atoms with Crippen LogP contribution in [0.3, 0.4) is 0 Å². The first-order valence-corrected chi connectivity index (χ1v) is 12.7. The van der Waals surface area contributed by atoms with E-state index in [1.807, 2.05) is 25.3 Å². The van der Waals surface area contributed by atoms with E-state index in [1.54, 1.807) is 13.3 Å². The van der Waals surface area contributed by atoms with Crippen molar-refractivity contribution in [3.8, 4) is 5.88 Å². The number of aromatic nitrogens is 2. The van der Waals surface area contributed by atoms with E-state index in [4.69, 9.17) is 9.73 Å². The number of piperidine rings is 1. The number of ether oxygens (including phenoxy) is 1. The van der Waals surface area contributed by atoms with Crippen LogP contribution in [0.5, 0.6) is 5.88 Å². The van der Waals surface area contributed by atoms with Gasteiger partial charge in [0, 0.05) is 60.5 Å². The van der Waals surface area contributed by atoms with Crippen molar-refractivity contribution in [2.24, 2.45) is 4.99 Å². The summed E-state index contributed by atoms with van der Waals surface area (Å²) in [5.74, 6) is 0.912. The van der Waals surface area contributed by atoms with E-state index in [2.05, 4.69) is 44.0 Å². The molecule has 5 heterocycles. The molecule has 2 aromatic heterocycles. The lowest BCUT2D eigenvalue weighted by Crippen LogP contribution is -2.51. The minimum Gasteiger partial charge on any atom is -0.481 e. The number of benzene rings is 1. The average molecular weight is 482 g/mol. The summed E-state index contributed by atoms with van der Waals surface area (Å²) < 4.78 is 5.45. The van der Waals surface area contributed by atoms with Gasteiger partial charge in [0.1, 0.15) is 0 Å². The number of hydrogen-bond acceptors (Lipinski definition) is 6. The highest BCUT2D eigenvalue weighted by Gasteiger charge is 2.33. The van der Waals surface area contributed by atoms with Gasteiger partial charge in [0.25, 0.3) is 0 Å². The van der Waals surface area contributed by atoms with Crippen LogP contribution < -0.4 is 4.74 Å². The van der Waals surface area contributed by atoms with Crippen molar-refractivity contribution < 1.29 is 9.53 Å². The van der Waals surface area contributed by atoms with Crippen LogP contribution in [0.1, 0.15) is 51.9 Å². The number of fused-ring (bicyclic) bond motifs is 2. The highest BCUT2D eigenvalue weighted by Crippen LogP contribution is 2.32. The molecule has 0 unspecified atom stereocenters. The van der Waals surface area contributed by atoms with E-state index in [1.165, 1.54) is 16.7 Å². The van der Waals surface area contributed by atoms with Gasteiger partial charge >= 0.3 is 0 Å². The standard InChI is InChI=1S/C29H31N5O2/c1-19-11-20(7-9-30-19)28-26-13-24-17-34(27(35)14-22(24)12-23(26)15-32-28)25-6-4-10-33(18-25)16-21-5-3-8-31-29(21)36-2/h3,5,7-9,11-13,25H,4,6,10,14-18H2,1-2H3/t25-/m1/s1. The van der Waals surface area contributed by atoms with E-state index in [0.717, 1.165) is 60.6 Å². The van der Waals surface area contributed by atoms with Crippen molar-refractivity contribution in [1.82, 2.24) is 19.8 Å². The Balaban J connectivity index is 1.22. The van der Waals surface area contributed by atoms with Gasteiger partial charge in [-0.05, 0) is 67.3 Å². The summed E-state index contributed by atoms with van der Waals surface area (Å²) in [4.78, 5) is 31.4. The number of pyridine rings is 2. The number of methoxy groups -OCH3 is 1. The first kappa shape index (κ1) is 22.9. The molecule has 1 atom stereocenters. The SMILES string of the molecule is COc1ncccc1CN1CCC[C@@H](N2Cc3cc4c(cc3CC2=O)CN=C4c2ccnc(C)c2)C1. The van der Waals surface area contributed by atoms with Crippen LogP contribution in [0, 0.1) is 6.92 Å². The number of nitrogens with zero attached hydrogens (tertiary/aromatic N) is 5. The maximum Gasteiger partial charge on any atom is 0.227 e. The Kier molecular flexibility index (Phi) is 6.01.